The number of fused-ring (bicyclic) bond motifs is 2. The first kappa shape index (κ1) is 18.1. The van der Waals surface area contributed by atoms with E-state index in [0.717, 1.165) is 5.39 Å². The highest BCUT2D eigenvalue weighted by Crippen LogP contribution is 2.35. The molecule has 6 nitrogen and oxygen atoms in total. The average Bonchev–Trinajstić information content (AvgIpc) is 3.00. The summed E-state index contributed by atoms with van der Waals surface area (Å²) in [5.74, 6) is 0.239. The molecule has 28 heavy (non-hydrogen) atoms. The van der Waals surface area contributed by atoms with Gasteiger partial charge in [-0.2, -0.15) is 0 Å². The Bertz CT molecular complexity index is 1120. The first-order chi connectivity index (χ1) is 13.5. The molecule has 4 rings (SSSR count). The Balaban J connectivity index is 1.65. The molecule has 2 aromatic carbocycles. The number of halogens is 1. The summed E-state index contributed by atoms with van der Waals surface area (Å²) in [5, 5.41) is 4.18. The molecule has 0 unspecified atom stereocenters. The van der Waals surface area contributed by atoms with E-state index in [9.17, 15) is 9.59 Å². The minimum absolute atomic E-state index is 0.0206. The first-order valence-electron chi connectivity index (χ1n) is 8.66. The van der Waals surface area contributed by atoms with E-state index in [2.05, 4.69) is 11.9 Å². The van der Waals surface area contributed by atoms with Gasteiger partial charge in [0.25, 0.3) is 11.8 Å². The zero-order valence-corrected chi connectivity index (χ0v) is 15.9. The van der Waals surface area contributed by atoms with Crippen LogP contribution in [0.2, 0.25) is 5.02 Å². The van der Waals surface area contributed by atoms with Gasteiger partial charge in [-0.05, 0) is 43.3 Å². The van der Waals surface area contributed by atoms with Gasteiger partial charge in [0.1, 0.15) is 11.3 Å². The highest BCUT2D eigenvalue weighted by Gasteiger charge is 2.25. The molecule has 2 amide bonds. The third-order valence-corrected chi connectivity index (χ3v) is 4.81. The Morgan fingerprint density at radius 2 is 2.14 bits per heavy atom. The molecule has 1 aliphatic rings. The summed E-state index contributed by atoms with van der Waals surface area (Å²) in [6, 6.07) is 10.3. The number of hydrogen-bond donors (Lipinski definition) is 1. The van der Waals surface area contributed by atoms with Crippen molar-refractivity contribution in [3.63, 3.8) is 0 Å². The maximum atomic E-state index is 12.8. The van der Waals surface area contributed by atoms with E-state index in [1.807, 2.05) is 6.92 Å². The molecule has 142 valence electrons. The van der Waals surface area contributed by atoms with Crippen LogP contribution in [0.4, 0.5) is 11.4 Å². The van der Waals surface area contributed by atoms with Crippen LogP contribution < -0.4 is 15.0 Å². The van der Waals surface area contributed by atoms with Gasteiger partial charge in [0.05, 0.1) is 5.69 Å². The smallest absolute Gasteiger partial charge is 0.291 e. The van der Waals surface area contributed by atoms with Gasteiger partial charge >= 0.3 is 0 Å². The van der Waals surface area contributed by atoms with Gasteiger partial charge in [-0.15, -0.1) is 6.58 Å². The molecule has 1 aliphatic heterocycles. The standard InChI is InChI=1S/C21H17ClN2O4/c1-3-8-24-16-10-14(5-7-18(16)27-11-19(24)25)23-21(26)20-12(2)15-9-13(22)4-6-17(15)28-20/h3-7,9-10H,1,8,11H2,2H3,(H,23,26). The number of rotatable bonds is 4. The average molecular weight is 397 g/mol. The highest BCUT2D eigenvalue weighted by molar-refractivity contribution is 6.31. The van der Waals surface area contributed by atoms with Crippen molar-refractivity contribution in [1.82, 2.24) is 0 Å². The van der Waals surface area contributed by atoms with E-state index in [-0.39, 0.29) is 24.2 Å². The lowest BCUT2D eigenvalue weighted by Gasteiger charge is -2.28. The first-order valence-corrected chi connectivity index (χ1v) is 9.04. The van der Waals surface area contributed by atoms with Crippen molar-refractivity contribution >= 4 is 45.8 Å². The lowest BCUT2D eigenvalue weighted by Crippen LogP contribution is -2.38. The van der Waals surface area contributed by atoms with Gasteiger partial charge in [-0.1, -0.05) is 17.7 Å². The van der Waals surface area contributed by atoms with Crippen molar-refractivity contribution in [1.29, 1.82) is 0 Å². The number of aryl methyl sites for hydroxylation is 1. The molecule has 0 atom stereocenters. The summed E-state index contributed by atoms with van der Waals surface area (Å²) < 4.78 is 11.2. The number of carbonyl (C=O) groups is 2. The van der Waals surface area contributed by atoms with Crippen molar-refractivity contribution in [3.8, 4) is 5.75 Å². The molecule has 0 saturated heterocycles. The molecule has 1 N–H and O–H groups in total. The van der Waals surface area contributed by atoms with Crippen LogP contribution in [0, 0.1) is 6.92 Å². The highest BCUT2D eigenvalue weighted by atomic mass is 35.5. The topological polar surface area (TPSA) is 71.8 Å². The second kappa shape index (κ2) is 7.05. The molecule has 2 heterocycles. The molecule has 0 saturated carbocycles. The van der Waals surface area contributed by atoms with Crippen LogP contribution in [0.3, 0.4) is 0 Å². The fourth-order valence-electron chi connectivity index (χ4n) is 3.21. The molecule has 1 aromatic heterocycles. The largest absolute Gasteiger partial charge is 0.482 e. The van der Waals surface area contributed by atoms with Gasteiger partial charge in [0.2, 0.25) is 0 Å². The number of ether oxygens (including phenoxy) is 1. The van der Waals surface area contributed by atoms with E-state index >= 15 is 0 Å². The Morgan fingerprint density at radius 3 is 2.93 bits per heavy atom. The van der Waals surface area contributed by atoms with Crippen LogP contribution in [0.15, 0.2) is 53.5 Å². The van der Waals surface area contributed by atoms with Crippen LogP contribution in [-0.2, 0) is 4.79 Å². The minimum Gasteiger partial charge on any atom is -0.482 e. The molecule has 0 fully saturated rings. The molecule has 3 aromatic rings. The van der Waals surface area contributed by atoms with Crippen molar-refractivity contribution in [2.75, 3.05) is 23.4 Å². The second-order valence-electron chi connectivity index (χ2n) is 6.41. The summed E-state index contributed by atoms with van der Waals surface area (Å²) in [6.45, 7) is 5.83. The predicted molar refractivity (Wildman–Crippen MR) is 108 cm³/mol. The number of hydrogen-bond acceptors (Lipinski definition) is 4. The Hall–Kier alpha value is -3.25. The van der Waals surface area contributed by atoms with Gasteiger partial charge in [-0.25, -0.2) is 0 Å². The number of nitrogens with zero attached hydrogens (tertiary/aromatic N) is 1. The minimum atomic E-state index is -0.386. The molecular weight excluding hydrogens is 380 g/mol. The molecule has 0 spiro atoms. The number of nitrogens with one attached hydrogen (secondary N) is 1. The normalized spacial score (nSPS) is 13.2. The number of anilines is 2. The maximum absolute atomic E-state index is 12.8. The zero-order valence-electron chi connectivity index (χ0n) is 15.1. The van der Waals surface area contributed by atoms with Crippen molar-refractivity contribution < 1.29 is 18.7 Å². The van der Waals surface area contributed by atoms with Crippen LogP contribution in [0.25, 0.3) is 11.0 Å². The van der Waals surface area contributed by atoms with E-state index < -0.39 is 0 Å². The zero-order chi connectivity index (χ0) is 19.8. The quantitative estimate of drug-likeness (QED) is 0.656. The summed E-state index contributed by atoms with van der Waals surface area (Å²) in [5.41, 5.74) is 2.41. The van der Waals surface area contributed by atoms with Crippen LogP contribution in [0.5, 0.6) is 5.75 Å². The van der Waals surface area contributed by atoms with Crippen molar-refractivity contribution in [2.24, 2.45) is 0 Å². The van der Waals surface area contributed by atoms with Gasteiger partial charge < -0.3 is 19.4 Å². The third kappa shape index (κ3) is 3.12. The Morgan fingerprint density at radius 1 is 1.32 bits per heavy atom. The van der Waals surface area contributed by atoms with E-state index in [4.69, 9.17) is 20.8 Å². The predicted octanol–water partition coefficient (Wildman–Crippen LogP) is 4.56. The Labute approximate surface area is 166 Å². The molecule has 0 bridgehead atoms. The second-order valence-corrected chi connectivity index (χ2v) is 6.85. The summed E-state index contributed by atoms with van der Waals surface area (Å²) >= 11 is 6.03. The van der Waals surface area contributed by atoms with Crippen molar-refractivity contribution in [2.45, 2.75) is 6.92 Å². The van der Waals surface area contributed by atoms with E-state index in [1.165, 1.54) is 0 Å². The number of amides is 2. The third-order valence-electron chi connectivity index (χ3n) is 4.58. The van der Waals surface area contributed by atoms with Crippen LogP contribution in [0.1, 0.15) is 16.1 Å². The lowest BCUT2D eigenvalue weighted by atomic mass is 10.1. The number of carbonyl (C=O) groups excluding carboxylic acids is 2. The molecular formula is C21H17ClN2O4. The number of benzene rings is 2. The van der Waals surface area contributed by atoms with Gasteiger partial charge in [0, 0.05) is 28.2 Å². The fraction of sp³-hybridized carbons (Fsp3) is 0.143. The monoisotopic (exact) mass is 396 g/mol. The maximum Gasteiger partial charge on any atom is 0.291 e. The van der Waals surface area contributed by atoms with Gasteiger partial charge in [-0.3, -0.25) is 9.59 Å². The SMILES string of the molecule is C=CCN1C(=O)COc2ccc(NC(=O)c3oc4ccc(Cl)cc4c3C)cc21. The van der Waals surface area contributed by atoms with Gasteiger partial charge in [0.15, 0.2) is 12.4 Å². The summed E-state index contributed by atoms with van der Waals surface area (Å²) in [6.07, 6.45) is 1.64. The molecule has 0 aliphatic carbocycles. The molecule has 7 heteroatoms. The summed E-state index contributed by atoms with van der Waals surface area (Å²) in [4.78, 5) is 26.4. The lowest BCUT2D eigenvalue weighted by molar-refractivity contribution is -0.121. The van der Waals surface area contributed by atoms with Crippen molar-refractivity contribution in [3.05, 3.63) is 65.4 Å². The Kier molecular flexibility index (Phi) is 4.57. The fourth-order valence-corrected chi connectivity index (χ4v) is 3.38. The molecule has 0 radical (unpaired) electrons. The van der Waals surface area contributed by atoms with E-state index in [0.29, 0.717) is 39.8 Å². The summed E-state index contributed by atoms with van der Waals surface area (Å²) in [7, 11) is 0. The number of furan rings is 1. The van der Waals surface area contributed by atoms with E-state index in [1.54, 1.807) is 47.4 Å². The van der Waals surface area contributed by atoms with Crippen LogP contribution in [-0.4, -0.2) is 25.0 Å². The van der Waals surface area contributed by atoms with Crippen LogP contribution >= 0.6 is 11.6 Å².